The number of hydrogen-bond donors (Lipinski definition) is 2. The number of nitrogens with zero attached hydrogens (tertiary/aromatic N) is 3. The smallest absolute Gasteiger partial charge is 0.268 e. The van der Waals surface area contributed by atoms with Crippen LogP contribution in [0.2, 0.25) is 0 Å². The average Bonchev–Trinajstić information content (AvgIpc) is 3.08. The SMILES string of the molecule is Cc1cc(C)c2[nH]c(C(=O)N[C@@H](C)Cn3cncn3)c(C)c2c1. The normalized spacial score (nSPS) is 12.5. The third-order valence-electron chi connectivity index (χ3n) is 4.04. The van der Waals surface area contributed by atoms with E-state index in [0.29, 0.717) is 12.2 Å². The molecule has 0 aliphatic carbocycles. The van der Waals surface area contributed by atoms with Gasteiger partial charge in [-0.2, -0.15) is 5.10 Å². The predicted molar refractivity (Wildman–Crippen MR) is 89.5 cm³/mol. The molecule has 6 nitrogen and oxygen atoms in total. The predicted octanol–water partition coefficient (Wildman–Crippen LogP) is 2.50. The average molecular weight is 311 g/mol. The first-order valence-corrected chi connectivity index (χ1v) is 7.68. The van der Waals surface area contributed by atoms with Gasteiger partial charge >= 0.3 is 0 Å². The number of amides is 1. The maximum Gasteiger partial charge on any atom is 0.268 e. The van der Waals surface area contributed by atoms with Crippen LogP contribution in [-0.4, -0.2) is 31.7 Å². The van der Waals surface area contributed by atoms with Crippen LogP contribution in [-0.2, 0) is 6.54 Å². The molecule has 2 aromatic heterocycles. The highest BCUT2D eigenvalue weighted by molar-refractivity contribution is 6.01. The Labute approximate surface area is 134 Å². The van der Waals surface area contributed by atoms with E-state index in [0.717, 1.165) is 22.0 Å². The van der Waals surface area contributed by atoms with Crippen molar-refractivity contribution in [2.24, 2.45) is 0 Å². The van der Waals surface area contributed by atoms with E-state index in [1.807, 2.05) is 13.8 Å². The zero-order valence-corrected chi connectivity index (χ0v) is 13.8. The molecular formula is C17H21N5O. The van der Waals surface area contributed by atoms with Gasteiger partial charge in [0.05, 0.1) is 6.54 Å². The fraction of sp³-hybridized carbons (Fsp3) is 0.353. The van der Waals surface area contributed by atoms with Crippen molar-refractivity contribution in [3.8, 4) is 0 Å². The van der Waals surface area contributed by atoms with Crippen LogP contribution in [0.5, 0.6) is 0 Å². The number of fused-ring (bicyclic) bond motifs is 1. The van der Waals surface area contributed by atoms with Gasteiger partial charge in [0, 0.05) is 16.9 Å². The van der Waals surface area contributed by atoms with E-state index in [9.17, 15) is 4.79 Å². The minimum Gasteiger partial charge on any atom is -0.350 e. The van der Waals surface area contributed by atoms with Gasteiger partial charge in [0.2, 0.25) is 0 Å². The van der Waals surface area contributed by atoms with Gasteiger partial charge in [-0.05, 0) is 44.9 Å². The zero-order chi connectivity index (χ0) is 16.6. The first kappa shape index (κ1) is 15.3. The van der Waals surface area contributed by atoms with Gasteiger partial charge in [0.1, 0.15) is 18.3 Å². The van der Waals surface area contributed by atoms with Crippen molar-refractivity contribution in [3.05, 3.63) is 47.2 Å². The molecule has 1 amide bonds. The van der Waals surface area contributed by atoms with E-state index in [1.54, 1.807) is 11.0 Å². The Morgan fingerprint density at radius 1 is 1.35 bits per heavy atom. The van der Waals surface area contributed by atoms with Crippen LogP contribution in [0, 0.1) is 20.8 Å². The van der Waals surface area contributed by atoms with Crippen molar-refractivity contribution in [1.82, 2.24) is 25.1 Å². The largest absolute Gasteiger partial charge is 0.350 e. The second-order valence-electron chi connectivity index (χ2n) is 6.12. The fourth-order valence-corrected chi connectivity index (χ4v) is 2.96. The van der Waals surface area contributed by atoms with Gasteiger partial charge in [-0.1, -0.05) is 11.6 Å². The minimum atomic E-state index is -0.0941. The lowest BCUT2D eigenvalue weighted by Gasteiger charge is -2.13. The molecule has 6 heteroatoms. The molecule has 0 aliphatic heterocycles. The lowest BCUT2D eigenvalue weighted by atomic mass is 10.1. The van der Waals surface area contributed by atoms with Crippen LogP contribution in [0.15, 0.2) is 24.8 Å². The Balaban J connectivity index is 1.83. The summed E-state index contributed by atoms with van der Waals surface area (Å²) in [5.74, 6) is -0.0941. The Morgan fingerprint density at radius 3 is 2.83 bits per heavy atom. The third-order valence-corrected chi connectivity index (χ3v) is 4.04. The first-order chi connectivity index (χ1) is 11.0. The third kappa shape index (κ3) is 2.97. The van der Waals surface area contributed by atoms with E-state index in [1.165, 1.54) is 11.9 Å². The van der Waals surface area contributed by atoms with Gasteiger partial charge < -0.3 is 10.3 Å². The number of carbonyl (C=O) groups excluding carboxylic acids is 1. The summed E-state index contributed by atoms with van der Waals surface area (Å²) in [7, 11) is 0. The van der Waals surface area contributed by atoms with Crippen LogP contribution < -0.4 is 5.32 Å². The second-order valence-corrected chi connectivity index (χ2v) is 6.12. The van der Waals surface area contributed by atoms with E-state index in [4.69, 9.17) is 0 Å². The lowest BCUT2D eigenvalue weighted by molar-refractivity contribution is 0.0931. The number of hydrogen-bond acceptors (Lipinski definition) is 3. The first-order valence-electron chi connectivity index (χ1n) is 7.68. The van der Waals surface area contributed by atoms with Gasteiger partial charge in [-0.3, -0.25) is 9.48 Å². The topological polar surface area (TPSA) is 75.6 Å². The van der Waals surface area contributed by atoms with Crippen LogP contribution >= 0.6 is 0 Å². The molecule has 2 heterocycles. The van der Waals surface area contributed by atoms with Crippen molar-refractivity contribution in [1.29, 1.82) is 0 Å². The molecule has 3 aromatic rings. The summed E-state index contributed by atoms with van der Waals surface area (Å²) in [6, 6.07) is 4.19. The highest BCUT2D eigenvalue weighted by atomic mass is 16.2. The number of aryl methyl sites for hydroxylation is 3. The summed E-state index contributed by atoms with van der Waals surface area (Å²) >= 11 is 0. The number of rotatable bonds is 4. The minimum absolute atomic E-state index is 0.0437. The molecule has 0 radical (unpaired) electrons. The molecule has 0 aliphatic rings. The summed E-state index contributed by atoms with van der Waals surface area (Å²) in [6.07, 6.45) is 3.13. The number of H-pyrrole nitrogens is 1. The molecule has 0 fully saturated rings. The summed E-state index contributed by atoms with van der Waals surface area (Å²) < 4.78 is 1.70. The quantitative estimate of drug-likeness (QED) is 0.777. The van der Waals surface area contributed by atoms with E-state index >= 15 is 0 Å². The highest BCUT2D eigenvalue weighted by Gasteiger charge is 2.18. The summed E-state index contributed by atoms with van der Waals surface area (Å²) in [5.41, 5.74) is 4.99. The van der Waals surface area contributed by atoms with Crippen molar-refractivity contribution in [2.45, 2.75) is 40.3 Å². The maximum absolute atomic E-state index is 12.6. The van der Waals surface area contributed by atoms with E-state index in [2.05, 4.69) is 46.4 Å². The molecule has 0 spiro atoms. The molecule has 0 bridgehead atoms. The summed E-state index contributed by atoms with van der Waals surface area (Å²) in [6.45, 7) is 8.64. The molecule has 0 unspecified atom stereocenters. The van der Waals surface area contributed by atoms with Crippen LogP contribution in [0.25, 0.3) is 10.9 Å². The Bertz CT molecular complexity index is 848. The molecule has 120 valence electrons. The van der Waals surface area contributed by atoms with Gasteiger partial charge in [-0.15, -0.1) is 0 Å². The number of benzene rings is 1. The van der Waals surface area contributed by atoms with Crippen molar-refractivity contribution in [3.63, 3.8) is 0 Å². The molecule has 3 rings (SSSR count). The van der Waals surface area contributed by atoms with Gasteiger partial charge in [0.25, 0.3) is 5.91 Å². The van der Waals surface area contributed by atoms with Crippen molar-refractivity contribution in [2.75, 3.05) is 0 Å². The number of carbonyl (C=O) groups is 1. The summed E-state index contributed by atoms with van der Waals surface area (Å²) in [4.78, 5) is 19.8. The molecule has 2 N–H and O–H groups in total. The van der Waals surface area contributed by atoms with E-state index < -0.39 is 0 Å². The molecular weight excluding hydrogens is 290 g/mol. The highest BCUT2D eigenvalue weighted by Crippen LogP contribution is 2.26. The van der Waals surface area contributed by atoms with Crippen LogP contribution in [0.4, 0.5) is 0 Å². The fourth-order valence-electron chi connectivity index (χ4n) is 2.96. The standard InChI is InChI=1S/C17H21N5O/c1-10-5-11(2)15-14(6-10)13(4)16(21-15)17(23)20-12(3)7-22-9-18-8-19-22/h5-6,8-9,12,21H,7H2,1-4H3,(H,20,23)/t12-/m0/s1. The van der Waals surface area contributed by atoms with Crippen molar-refractivity contribution >= 4 is 16.8 Å². The number of aromatic amines is 1. The second kappa shape index (κ2) is 5.87. The maximum atomic E-state index is 12.6. The molecule has 1 atom stereocenters. The Morgan fingerprint density at radius 2 is 2.13 bits per heavy atom. The van der Waals surface area contributed by atoms with Gasteiger partial charge in [0.15, 0.2) is 0 Å². The van der Waals surface area contributed by atoms with E-state index in [-0.39, 0.29) is 11.9 Å². The van der Waals surface area contributed by atoms with Gasteiger partial charge in [-0.25, -0.2) is 4.98 Å². The number of nitrogens with one attached hydrogen (secondary N) is 2. The molecule has 1 aromatic carbocycles. The monoisotopic (exact) mass is 311 g/mol. The number of aromatic nitrogens is 4. The Hall–Kier alpha value is -2.63. The Kier molecular flexibility index (Phi) is 3.90. The molecule has 23 heavy (non-hydrogen) atoms. The molecule has 0 saturated heterocycles. The van der Waals surface area contributed by atoms with Crippen molar-refractivity contribution < 1.29 is 4.79 Å². The van der Waals surface area contributed by atoms with Crippen LogP contribution in [0.3, 0.4) is 0 Å². The summed E-state index contributed by atoms with van der Waals surface area (Å²) in [5, 5.41) is 8.18. The lowest BCUT2D eigenvalue weighted by Crippen LogP contribution is -2.36. The zero-order valence-electron chi connectivity index (χ0n) is 13.8. The molecule has 0 saturated carbocycles. The van der Waals surface area contributed by atoms with Crippen LogP contribution in [0.1, 0.15) is 34.1 Å².